The minimum atomic E-state index is -0.243. The molecule has 0 spiro atoms. The highest BCUT2D eigenvalue weighted by Crippen LogP contribution is 2.24. The van der Waals surface area contributed by atoms with E-state index in [0.29, 0.717) is 11.8 Å². The number of phenols is 2. The predicted molar refractivity (Wildman–Crippen MR) is 42.7 cm³/mol. The highest BCUT2D eigenvalue weighted by Gasteiger charge is 1.96. The molecule has 1 aromatic carbocycles. The van der Waals surface area contributed by atoms with Gasteiger partial charge in [-0.25, -0.2) is 0 Å². The minimum absolute atomic E-state index is 0.202. The minimum Gasteiger partial charge on any atom is -0.504 e. The van der Waals surface area contributed by atoms with Crippen LogP contribution in [0.15, 0.2) is 18.2 Å². The molecular formula is C9H6O3. The second-order valence-corrected chi connectivity index (χ2v) is 2.09. The highest BCUT2D eigenvalue weighted by molar-refractivity contribution is 5.74. The number of aromatic hydroxyl groups is 2. The van der Waals surface area contributed by atoms with Gasteiger partial charge in [0.05, 0.1) is 0 Å². The molecule has 0 amide bonds. The lowest BCUT2D eigenvalue weighted by molar-refractivity contribution is -0.103. The van der Waals surface area contributed by atoms with Gasteiger partial charge >= 0.3 is 0 Å². The van der Waals surface area contributed by atoms with E-state index < -0.39 is 0 Å². The summed E-state index contributed by atoms with van der Waals surface area (Å²) < 4.78 is 0. The second-order valence-electron chi connectivity index (χ2n) is 2.09. The van der Waals surface area contributed by atoms with E-state index >= 15 is 0 Å². The number of hydrogen-bond acceptors (Lipinski definition) is 3. The Kier molecular flexibility index (Phi) is 2.34. The van der Waals surface area contributed by atoms with Crippen molar-refractivity contribution in [2.75, 3.05) is 0 Å². The molecular weight excluding hydrogens is 156 g/mol. The number of benzene rings is 1. The lowest BCUT2D eigenvalue weighted by Crippen LogP contribution is -1.74. The maximum atomic E-state index is 9.84. The Morgan fingerprint density at radius 2 is 2.00 bits per heavy atom. The Labute approximate surface area is 69.3 Å². The zero-order chi connectivity index (χ0) is 8.97. The van der Waals surface area contributed by atoms with Crippen LogP contribution in [0.5, 0.6) is 11.5 Å². The van der Waals surface area contributed by atoms with Gasteiger partial charge in [0.2, 0.25) is 0 Å². The van der Waals surface area contributed by atoms with Crippen molar-refractivity contribution in [3.63, 3.8) is 0 Å². The smallest absolute Gasteiger partial charge is 0.193 e. The molecule has 0 aliphatic rings. The van der Waals surface area contributed by atoms with Gasteiger partial charge in [-0.2, -0.15) is 0 Å². The normalized spacial score (nSPS) is 8.33. The molecule has 3 heteroatoms. The zero-order valence-corrected chi connectivity index (χ0v) is 6.11. The fourth-order valence-electron chi connectivity index (χ4n) is 0.714. The zero-order valence-electron chi connectivity index (χ0n) is 6.11. The van der Waals surface area contributed by atoms with Gasteiger partial charge in [0.1, 0.15) is 0 Å². The van der Waals surface area contributed by atoms with E-state index in [0.717, 1.165) is 0 Å². The van der Waals surface area contributed by atoms with Gasteiger partial charge in [0, 0.05) is 5.56 Å². The molecule has 0 heterocycles. The lowest BCUT2D eigenvalue weighted by atomic mass is 10.2. The van der Waals surface area contributed by atoms with E-state index in [1.54, 1.807) is 0 Å². The number of rotatable bonds is 0. The van der Waals surface area contributed by atoms with Gasteiger partial charge in [-0.05, 0) is 24.1 Å². The fraction of sp³-hybridized carbons (Fsp3) is 0. The summed E-state index contributed by atoms with van der Waals surface area (Å²) in [6.07, 6.45) is 0.462. The van der Waals surface area contributed by atoms with E-state index in [1.165, 1.54) is 18.2 Å². The van der Waals surface area contributed by atoms with E-state index in [-0.39, 0.29) is 11.5 Å². The number of hydrogen-bond donors (Lipinski definition) is 2. The molecule has 0 aliphatic carbocycles. The van der Waals surface area contributed by atoms with Gasteiger partial charge in [-0.1, -0.05) is 5.92 Å². The molecule has 1 aromatic rings. The van der Waals surface area contributed by atoms with Gasteiger partial charge in [-0.15, -0.1) is 0 Å². The number of phenolic OH excluding ortho intramolecular Hbond substituents is 2. The molecule has 0 aliphatic heterocycles. The third-order valence-corrected chi connectivity index (χ3v) is 1.25. The van der Waals surface area contributed by atoms with Crippen LogP contribution in [0.3, 0.4) is 0 Å². The molecule has 0 bridgehead atoms. The monoisotopic (exact) mass is 162 g/mol. The van der Waals surface area contributed by atoms with Crippen molar-refractivity contribution >= 4 is 6.29 Å². The van der Waals surface area contributed by atoms with Crippen LogP contribution >= 0.6 is 0 Å². The van der Waals surface area contributed by atoms with E-state index in [1.807, 2.05) is 0 Å². The van der Waals surface area contributed by atoms with Crippen molar-refractivity contribution in [3.05, 3.63) is 23.8 Å². The molecule has 1 rings (SSSR count). The van der Waals surface area contributed by atoms with Gasteiger partial charge in [0.15, 0.2) is 17.8 Å². The van der Waals surface area contributed by atoms with Gasteiger partial charge < -0.3 is 10.2 Å². The fourth-order valence-corrected chi connectivity index (χ4v) is 0.714. The van der Waals surface area contributed by atoms with Crippen LogP contribution in [0.1, 0.15) is 5.56 Å². The molecule has 0 saturated carbocycles. The quantitative estimate of drug-likeness (QED) is 0.334. The molecule has 0 unspecified atom stereocenters. The number of carbonyl (C=O) groups is 1. The largest absolute Gasteiger partial charge is 0.504 e. The summed E-state index contributed by atoms with van der Waals surface area (Å²) in [5.41, 5.74) is 0.484. The van der Waals surface area contributed by atoms with Crippen LogP contribution in [0.25, 0.3) is 0 Å². The molecule has 0 aromatic heterocycles. The van der Waals surface area contributed by atoms with Gasteiger partial charge in [-0.3, -0.25) is 4.79 Å². The lowest BCUT2D eigenvalue weighted by Gasteiger charge is -1.95. The van der Waals surface area contributed by atoms with Gasteiger partial charge in [0.25, 0.3) is 0 Å². The summed E-state index contributed by atoms with van der Waals surface area (Å²) >= 11 is 0. The Hall–Kier alpha value is -1.95. The van der Waals surface area contributed by atoms with Crippen LogP contribution in [-0.2, 0) is 4.79 Å². The summed E-state index contributed by atoms with van der Waals surface area (Å²) in [7, 11) is 0. The first kappa shape index (κ1) is 8.15. The average molecular weight is 162 g/mol. The summed E-state index contributed by atoms with van der Waals surface area (Å²) in [4.78, 5) is 9.84. The molecule has 3 nitrogen and oxygen atoms in total. The topological polar surface area (TPSA) is 57.5 Å². The molecule has 0 atom stereocenters. The van der Waals surface area contributed by atoms with Crippen molar-refractivity contribution in [2.45, 2.75) is 0 Å². The second kappa shape index (κ2) is 3.44. The summed E-state index contributed by atoms with van der Waals surface area (Å²) in [6, 6.07) is 4.10. The maximum absolute atomic E-state index is 9.84. The number of carbonyl (C=O) groups excluding carboxylic acids is 1. The van der Waals surface area contributed by atoms with Crippen LogP contribution in [0, 0.1) is 11.8 Å². The van der Waals surface area contributed by atoms with E-state index in [9.17, 15) is 4.79 Å². The van der Waals surface area contributed by atoms with Crippen molar-refractivity contribution in [2.24, 2.45) is 0 Å². The van der Waals surface area contributed by atoms with Crippen LogP contribution in [0.2, 0.25) is 0 Å². The third-order valence-electron chi connectivity index (χ3n) is 1.25. The van der Waals surface area contributed by atoms with Crippen molar-refractivity contribution in [3.8, 4) is 23.3 Å². The standard InChI is InChI=1S/C9H6O3/c10-5-1-2-7-3-4-8(11)9(12)6-7/h3-6,11-12H. The summed E-state index contributed by atoms with van der Waals surface area (Å²) in [6.45, 7) is 0. The van der Waals surface area contributed by atoms with Crippen molar-refractivity contribution < 1.29 is 15.0 Å². The van der Waals surface area contributed by atoms with Crippen molar-refractivity contribution in [1.29, 1.82) is 0 Å². The van der Waals surface area contributed by atoms with Crippen LogP contribution in [-0.4, -0.2) is 16.5 Å². The summed E-state index contributed by atoms with van der Waals surface area (Å²) in [5, 5.41) is 17.9. The molecule has 60 valence electrons. The first-order valence-electron chi connectivity index (χ1n) is 3.21. The molecule has 12 heavy (non-hydrogen) atoms. The van der Waals surface area contributed by atoms with Crippen LogP contribution in [0.4, 0.5) is 0 Å². The SMILES string of the molecule is O=CC#Cc1ccc(O)c(O)c1. The Morgan fingerprint density at radius 3 is 2.58 bits per heavy atom. The van der Waals surface area contributed by atoms with E-state index in [4.69, 9.17) is 10.2 Å². The first-order chi connectivity index (χ1) is 5.74. The Bertz CT molecular complexity index is 358. The third kappa shape index (κ3) is 1.77. The van der Waals surface area contributed by atoms with Crippen LogP contribution < -0.4 is 0 Å². The summed E-state index contributed by atoms with van der Waals surface area (Å²) in [5.74, 6) is 4.22. The number of aldehydes is 1. The maximum Gasteiger partial charge on any atom is 0.193 e. The Morgan fingerprint density at radius 1 is 1.25 bits per heavy atom. The molecule has 0 fully saturated rings. The molecule has 2 N–H and O–H groups in total. The highest BCUT2D eigenvalue weighted by atomic mass is 16.3. The molecule has 0 saturated heterocycles. The first-order valence-corrected chi connectivity index (χ1v) is 3.21. The predicted octanol–water partition coefficient (Wildman–Crippen LogP) is 0.648. The van der Waals surface area contributed by atoms with E-state index in [2.05, 4.69) is 11.8 Å². The average Bonchev–Trinajstić information content (AvgIpc) is 2.07. The Balaban J connectivity index is 3.04. The molecule has 0 radical (unpaired) electrons. The van der Waals surface area contributed by atoms with Crippen molar-refractivity contribution in [1.82, 2.24) is 0 Å².